The first-order valence-electron chi connectivity index (χ1n) is 6.70. The van der Waals surface area contributed by atoms with Gasteiger partial charge in [-0.3, -0.25) is 4.90 Å². The fourth-order valence-electron chi connectivity index (χ4n) is 3.28. The molecule has 0 radical (unpaired) electrons. The smallest absolute Gasteiger partial charge is 0.0410 e. The van der Waals surface area contributed by atoms with Crippen molar-refractivity contribution >= 4 is 17.3 Å². The molecule has 1 fully saturated rings. The fraction of sp³-hybridized carbons (Fsp3) is 0.600. The number of nitrogens with zero attached hydrogens (tertiary/aromatic N) is 1. The van der Waals surface area contributed by atoms with Crippen LogP contribution in [0.2, 0.25) is 5.02 Å². The maximum atomic E-state index is 6.17. The largest absolute Gasteiger partial charge is 0.384 e. The average molecular weight is 265 g/mol. The van der Waals surface area contributed by atoms with E-state index in [1.165, 1.54) is 24.2 Å². The van der Waals surface area contributed by atoms with Gasteiger partial charge in [0.1, 0.15) is 0 Å². The molecule has 0 bridgehead atoms. The van der Waals surface area contributed by atoms with Crippen LogP contribution in [0.1, 0.15) is 32.8 Å². The van der Waals surface area contributed by atoms with E-state index in [9.17, 15) is 0 Å². The molecule has 2 heterocycles. The van der Waals surface area contributed by atoms with Crippen molar-refractivity contribution in [3.8, 4) is 0 Å². The lowest BCUT2D eigenvalue weighted by molar-refractivity contribution is 0.165. The van der Waals surface area contributed by atoms with E-state index in [2.05, 4.69) is 43.1 Å². The first-order chi connectivity index (χ1) is 8.41. The van der Waals surface area contributed by atoms with E-state index in [0.717, 1.165) is 18.1 Å². The zero-order valence-electron chi connectivity index (χ0n) is 11.4. The summed E-state index contributed by atoms with van der Waals surface area (Å²) in [5.74, 6) is 0. The molecule has 2 nitrogen and oxygen atoms in total. The Bertz CT molecular complexity index is 478. The van der Waals surface area contributed by atoms with E-state index < -0.39 is 0 Å². The summed E-state index contributed by atoms with van der Waals surface area (Å²) in [4.78, 5) is 2.59. The summed E-state index contributed by atoms with van der Waals surface area (Å²) in [7, 11) is 0. The molecule has 0 amide bonds. The molecule has 1 aromatic rings. The molecule has 18 heavy (non-hydrogen) atoms. The minimum absolute atomic E-state index is 0.255. The highest BCUT2D eigenvalue weighted by atomic mass is 35.5. The lowest BCUT2D eigenvalue weighted by Crippen LogP contribution is -2.42. The van der Waals surface area contributed by atoms with Crippen molar-refractivity contribution in [3.05, 3.63) is 28.8 Å². The van der Waals surface area contributed by atoms with E-state index >= 15 is 0 Å². The van der Waals surface area contributed by atoms with Crippen molar-refractivity contribution in [1.29, 1.82) is 0 Å². The second kappa shape index (κ2) is 3.88. The molecular formula is C15H21ClN2. The number of anilines is 1. The number of likely N-dealkylation sites (tertiary alicyclic amines) is 1. The van der Waals surface area contributed by atoms with Gasteiger partial charge in [0.15, 0.2) is 0 Å². The van der Waals surface area contributed by atoms with Crippen molar-refractivity contribution in [1.82, 2.24) is 4.90 Å². The molecule has 2 aliphatic heterocycles. The summed E-state index contributed by atoms with van der Waals surface area (Å²) in [6.45, 7) is 10.3. The van der Waals surface area contributed by atoms with Gasteiger partial charge in [-0.15, -0.1) is 0 Å². The lowest BCUT2D eigenvalue weighted by atomic mass is 9.81. The van der Waals surface area contributed by atoms with Crippen LogP contribution in [0.25, 0.3) is 0 Å². The molecule has 3 rings (SSSR count). The molecule has 1 aromatic carbocycles. The highest BCUT2D eigenvalue weighted by Crippen LogP contribution is 2.45. The van der Waals surface area contributed by atoms with Crippen molar-refractivity contribution in [2.24, 2.45) is 0 Å². The van der Waals surface area contributed by atoms with Gasteiger partial charge in [-0.1, -0.05) is 11.6 Å². The van der Waals surface area contributed by atoms with Crippen molar-refractivity contribution in [2.75, 3.05) is 25.0 Å². The Labute approximate surface area is 114 Å². The fourth-order valence-corrected chi connectivity index (χ4v) is 3.45. The minimum atomic E-state index is 0.255. The zero-order valence-corrected chi connectivity index (χ0v) is 12.1. The summed E-state index contributed by atoms with van der Waals surface area (Å²) in [6, 6.07) is 6.25. The predicted octanol–water partition coefficient (Wildman–Crippen LogP) is 3.51. The number of hydrogen-bond acceptors (Lipinski definition) is 2. The van der Waals surface area contributed by atoms with E-state index in [4.69, 9.17) is 11.6 Å². The third-order valence-corrected chi connectivity index (χ3v) is 4.71. The van der Waals surface area contributed by atoms with Gasteiger partial charge in [-0.25, -0.2) is 0 Å². The summed E-state index contributed by atoms with van der Waals surface area (Å²) in [5.41, 5.74) is 3.22. The van der Waals surface area contributed by atoms with Crippen LogP contribution in [0.4, 0.5) is 5.69 Å². The Morgan fingerprint density at radius 3 is 2.78 bits per heavy atom. The number of fused-ring (bicyclic) bond motifs is 2. The van der Waals surface area contributed by atoms with E-state index in [0.29, 0.717) is 0 Å². The van der Waals surface area contributed by atoms with E-state index in [1.807, 2.05) is 6.07 Å². The van der Waals surface area contributed by atoms with Crippen molar-refractivity contribution < 1.29 is 0 Å². The molecule has 0 aromatic heterocycles. The number of hydrogen-bond donors (Lipinski definition) is 1. The van der Waals surface area contributed by atoms with Gasteiger partial charge in [0.2, 0.25) is 0 Å². The second-order valence-corrected chi connectivity index (χ2v) is 7.10. The summed E-state index contributed by atoms with van der Waals surface area (Å²) < 4.78 is 0. The molecule has 0 unspecified atom stereocenters. The molecule has 1 saturated heterocycles. The highest BCUT2D eigenvalue weighted by Gasteiger charge is 2.46. The SMILES string of the molecule is CC(C)(C)N1CC[C@]2(CNc3ccc(Cl)cc32)C1. The quantitative estimate of drug-likeness (QED) is 0.772. The van der Waals surface area contributed by atoms with Gasteiger partial charge in [0, 0.05) is 34.8 Å². The van der Waals surface area contributed by atoms with Crippen molar-refractivity contribution in [2.45, 2.75) is 38.1 Å². The maximum Gasteiger partial charge on any atom is 0.0410 e. The van der Waals surface area contributed by atoms with Crippen LogP contribution >= 0.6 is 11.6 Å². The monoisotopic (exact) mass is 264 g/mol. The number of nitrogens with one attached hydrogen (secondary N) is 1. The van der Waals surface area contributed by atoms with Gasteiger partial charge in [0.25, 0.3) is 0 Å². The molecule has 0 saturated carbocycles. The van der Waals surface area contributed by atoms with E-state index in [-0.39, 0.29) is 11.0 Å². The third-order valence-electron chi connectivity index (χ3n) is 4.47. The van der Waals surface area contributed by atoms with Crippen LogP contribution in [0.3, 0.4) is 0 Å². The number of rotatable bonds is 0. The standard InChI is InChI=1S/C15H21ClN2/c1-14(2,3)18-7-6-15(10-18)9-17-13-5-4-11(16)8-12(13)15/h4-5,8,17H,6-7,9-10H2,1-3H3/t15-/m0/s1. The molecule has 3 heteroatoms. The molecule has 1 atom stereocenters. The van der Waals surface area contributed by atoms with E-state index in [1.54, 1.807) is 0 Å². The van der Waals surface area contributed by atoms with Gasteiger partial charge in [-0.05, 0) is 57.5 Å². The highest BCUT2D eigenvalue weighted by molar-refractivity contribution is 6.30. The molecule has 98 valence electrons. The molecule has 1 spiro atoms. The number of benzene rings is 1. The molecular weight excluding hydrogens is 244 g/mol. The Morgan fingerprint density at radius 2 is 2.11 bits per heavy atom. The Hall–Kier alpha value is -0.730. The van der Waals surface area contributed by atoms with Crippen LogP contribution in [0, 0.1) is 0 Å². The lowest BCUT2D eigenvalue weighted by Gasteiger charge is -2.33. The maximum absolute atomic E-state index is 6.17. The third kappa shape index (κ3) is 1.83. The second-order valence-electron chi connectivity index (χ2n) is 6.67. The minimum Gasteiger partial charge on any atom is -0.384 e. The predicted molar refractivity (Wildman–Crippen MR) is 77.6 cm³/mol. The van der Waals surface area contributed by atoms with Gasteiger partial charge >= 0.3 is 0 Å². The summed E-state index contributed by atoms with van der Waals surface area (Å²) in [6.07, 6.45) is 1.23. The van der Waals surface area contributed by atoms with Crippen LogP contribution in [0.15, 0.2) is 18.2 Å². The zero-order chi connectivity index (χ0) is 13.0. The Morgan fingerprint density at radius 1 is 1.33 bits per heavy atom. The van der Waals surface area contributed by atoms with Crippen LogP contribution < -0.4 is 5.32 Å². The Kier molecular flexibility index (Phi) is 2.65. The van der Waals surface area contributed by atoms with Crippen molar-refractivity contribution in [3.63, 3.8) is 0 Å². The van der Waals surface area contributed by atoms with Gasteiger partial charge in [0.05, 0.1) is 0 Å². The topological polar surface area (TPSA) is 15.3 Å². The average Bonchev–Trinajstić information content (AvgIpc) is 2.86. The van der Waals surface area contributed by atoms with Crippen LogP contribution in [-0.2, 0) is 5.41 Å². The summed E-state index contributed by atoms with van der Waals surface area (Å²) >= 11 is 6.17. The molecule has 1 N–H and O–H groups in total. The van der Waals surface area contributed by atoms with Crippen LogP contribution in [-0.4, -0.2) is 30.1 Å². The number of halogens is 1. The summed E-state index contributed by atoms with van der Waals surface area (Å²) in [5, 5.41) is 4.40. The first-order valence-corrected chi connectivity index (χ1v) is 7.08. The molecule has 2 aliphatic rings. The first kappa shape index (κ1) is 12.3. The Balaban J connectivity index is 1.95. The molecule has 0 aliphatic carbocycles. The normalized spacial score (nSPS) is 27.6. The van der Waals surface area contributed by atoms with Crippen LogP contribution in [0.5, 0.6) is 0 Å². The van der Waals surface area contributed by atoms with Gasteiger partial charge in [-0.2, -0.15) is 0 Å². The van der Waals surface area contributed by atoms with Gasteiger partial charge < -0.3 is 5.32 Å².